The van der Waals surface area contributed by atoms with E-state index in [2.05, 4.69) is 43.8 Å². The molecule has 2 bridgehead atoms. The van der Waals surface area contributed by atoms with Gasteiger partial charge in [0.05, 0.1) is 17.3 Å². The molecule has 0 aromatic heterocycles. The number of carbonyl (C=O) groups excluding carboxylic acids is 1. The first-order chi connectivity index (χ1) is 21.1. The summed E-state index contributed by atoms with van der Waals surface area (Å²) in [5.74, 6) is 2.40. The molecule has 244 valence electrons. The van der Waals surface area contributed by atoms with Gasteiger partial charge in [0.1, 0.15) is 12.4 Å². The molecule has 3 fully saturated rings. The summed E-state index contributed by atoms with van der Waals surface area (Å²) in [6.45, 7) is 11.2. The molecule has 44 heavy (non-hydrogen) atoms. The third kappa shape index (κ3) is 7.59. The minimum atomic E-state index is -4.48. The highest BCUT2D eigenvalue weighted by molar-refractivity contribution is 6.06. The Hall–Kier alpha value is -2.22. The van der Waals surface area contributed by atoms with Crippen LogP contribution in [0.25, 0.3) is 0 Å². The number of hydrogen-bond donors (Lipinski definition) is 0. The van der Waals surface area contributed by atoms with Crippen molar-refractivity contribution in [1.82, 2.24) is 4.90 Å². The van der Waals surface area contributed by atoms with Crippen molar-refractivity contribution in [3.05, 3.63) is 34.4 Å². The van der Waals surface area contributed by atoms with Crippen molar-refractivity contribution >= 4 is 18.0 Å². The summed E-state index contributed by atoms with van der Waals surface area (Å²) in [7, 11) is 0. The summed E-state index contributed by atoms with van der Waals surface area (Å²) in [5, 5.41) is 0. The number of carbonyl (C=O) groups is 1. The largest absolute Gasteiger partial charge is 0.418 e. The van der Waals surface area contributed by atoms with E-state index in [0.29, 0.717) is 36.7 Å². The van der Waals surface area contributed by atoms with Crippen LogP contribution in [0.15, 0.2) is 44.4 Å². The molecule has 0 aromatic carbocycles. The summed E-state index contributed by atoms with van der Waals surface area (Å²) < 4.78 is 49.3. The Morgan fingerprint density at radius 3 is 2.52 bits per heavy atom. The molecule has 0 N–H and O–H groups in total. The predicted octanol–water partition coefficient (Wildman–Crippen LogP) is 8.66. The highest BCUT2D eigenvalue weighted by Gasteiger charge is 2.41. The van der Waals surface area contributed by atoms with Crippen molar-refractivity contribution in [2.24, 2.45) is 39.6 Å². The number of rotatable bonds is 7. The predicted molar refractivity (Wildman–Crippen MR) is 171 cm³/mol. The van der Waals surface area contributed by atoms with Gasteiger partial charge in [0, 0.05) is 26.1 Å². The fourth-order valence-corrected chi connectivity index (χ4v) is 8.56. The SMILES string of the molecule is CCCC(/C1=C/CCC2CC(=NC=N2)/C(C(F)(F)F)=C\1)=C(/C(C)C)C1CC(C2CCN(C(=O)C3CCCO3)CC2)CCC1C. The van der Waals surface area contributed by atoms with Gasteiger partial charge in [0.25, 0.3) is 5.91 Å². The van der Waals surface area contributed by atoms with Gasteiger partial charge in [-0.25, -0.2) is 4.99 Å². The second-order valence-electron chi connectivity index (χ2n) is 14.2. The third-order valence-electron chi connectivity index (χ3n) is 10.9. The van der Waals surface area contributed by atoms with Crippen LogP contribution in [0.2, 0.25) is 0 Å². The molecule has 0 radical (unpaired) electrons. The lowest BCUT2D eigenvalue weighted by atomic mass is 9.63. The van der Waals surface area contributed by atoms with Gasteiger partial charge in [-0.1, -0.05) is 45.8 Å². The standard InChI is InChI=1S/C36H52F3N3O2/c1-5-8-29(27-9-6-10-28-21-32(41-22-40-28)31(20-27)36(37,38)39)34(23(2)3)30-19-26(13-12-24(30)4)25-14-16-42(17-15-25)35(43)33-11-7-18-44-33/h9,20,22-26,28,30,33H,5-8,10-19,21H2,1-4H3/b27-9+,31-20+,34-29+. The molecule has 5 aliphatic rings. The number of nitrogens with zero attached hydrogens (tertiary/aromatic N) is 3. The number of likely N-dealkylation sites (tertiary alicyclic amines) is 1. The number of fused-ring (bicyclic) bond motifs is 2. The summed E-state index contributed by atoms with van der Waals surface area (Å²) in [5.41, 5.74) is 2.73. The van der Waals surface area contributed by atoms with Crippen molar-refractivity contribution in [2.75, 3.05) is 19.7 Å². The van der Waals surface area contributed by atoms with Gasteiger partial charge in [-0.15, -0.1) is 0 Å². The number of amides is 1. The fraction of sp³-hybridized carbons (Fsp3) is 0.750. The van der Waals surface area contributed by atoms with E-state index in [1.807, 2.05) is 4.90 Å². The Labute approximate surface area is 262 Å². The Morgan fingerprint density at radius 1 is 1.09 bits per heavy atom. The highest BCUT2D eigenvalue weighted by atomic mass is 19.4. The van der Waals surface area contributed by atoms with E-state index < -0.39 is 11.7 Å². The summed E-state index contributed by atoms with van der Waals surface area (Å²) in [6.07, 6.45) is 10.7. The highest BCUT2D eigenvalue weighted by Crippen LogP contribution is 2.47. The van der Waals surface area contributed by atoms with Crippen LogP contribution in [-0.4, -0.2) is 60.9 Å². The second-order valence-corrected chi connectivity index (χ2v) is 14.2. The first-order valence-electron chi connectivity index (χ1n) is 17.3. The van der Waals surface area contributed by atoms with E-state index in [1.54, 1.807) is 0 Å². The molecule has 0 spiro atoms. The molecule has 2 aliphatic carbocycles. The Bertz CT molecular complexity index is 1180. The monoisotopic (exact) mass is 615 g/mol. The molecular formula is C36H52F3N3O2. The van der Waals surface area contributed by atoms with E-state index in [0.717, 1.165) is 82.0 Å². The van der Waals surface area contributed by atoms with Gasteiger partial charge in [-0.2, -0.15) is 13.2 Å². The molecule has 3 heterocycles. The Kier molecular flexibility index (Phi) is 10.9. The summed E-state index contributed by atoms with van der Waals surface area (Å²) in [6, 6.07) is -0.154. The molecule has 5 unspecified atom stereocenters. The zero-order chi connectivity index (χ0) is 31.4. The van der Waals surface area contributed by atoms with E-state index in [1.165, 1.54) is 24.4 Å². The Balaban J connectivity index is 1.42. The van der Waals surface area contributed by atoms with E-state index in [4.69, 9.17) is 4.74 Å². The quantitative estimate of drug-likeness (QED) is 0.288. The average molecular weight is 616 g/mol. The van der Waals surface area contributed by atoms with Crippen molar-refractivity contribution in [2.45, 2.75) is 123 Å². The van der Waals surface area contributed by atoms with Crippen molar-refractivity contribution in [1.29, 1.82) is 0 Å². The van der Waals surface area contributed by atoms with Gasteiger partial charge in [0.15, 0.2) is 0 Å². The van der Waals surface area contributed by atoms with Crippen LogP contribution in [0.1, 0.15) is 105 Å². The van der Waals surface area contributed by atoms with Crippen LogP contribution in [-0.2, 0) is 9.53 Å². The van der Waals surface area contributed by atoms with E-state index in [-0.39, 0.29) is 36.1 Å². The lowest BCUT2D eigenvalue weighted by Crippen LogP contribution is -2.45. The fourth-order valence-electron chi connectivity index (χ4n) is 8.56. The first-order valence-corrected chi connectivity index (χ1v) is 17.3. The minimum absolute atomic E-state index is 0.114. The molecule has 3 aliphatic heterocycles. The van der Waals surface area contributed by atoms with Crippen LogP contribution < -0.4 is 0 Å². The van der Waals surface area contributed by atoms with Gasteiger partial charge in [-0.05, 0) is 111 Å². The van der Waals surface area contributed by atoms with Crippen LogP contribution >= 0.6 is 0 Å². The normalized spacial score (nSPS) is 33.4. The number of hydrogen-bond acceptors (Lipinski definition) is 4. The molecule has 5 atom stereocenters. The number of piperidine rings is 1. The molecular weight excluding hydrogens is 563 g/mol. The van der Waals surface area contributed by atoms with Crippen molar-refractivity contribution in [3.8, 4) is 0 Å². The van der Waals surface area contributed by atoms with Crippen molar-refractivity contribution < 1.29 is 22.7 Å². The maximum atomic E-state index is 14.5. The maximum Gasteiger partial charge on any atom is 0.418 e. The number of alkyl halides is 3. The zero-order valence-electron chi connectivity index (χ0n) is 27.2. The lowest BCUT2D eigenvalue weighted by Gasteiger charge is -2.44. The zero-order valence-corrected chi connectivity index (χ0v) is 27.2. The van der Waals surface area contributed by atoms with Crippen LogP contribution in [0.5, 0.6) is 0 Å². The van der Waals surface area contributed by atoms with Crippen molar-refractivity contribution in [3.63, 3.8) is 0 Å². The minimum Gasteiger partial charge on any atom is -0.368 e. The van der Waals surface area contributed by atoms with E-state index in [9.17, 15) is 18.0 Å². The van der Waals surface area contributed by atoms with Gasteiger partial charge in [-0.3, -0.25) is 9.79 Å². The van der Waals surface area contributed by atoms with Gasteiger partial charge < -0.3 is 9.64 Å². The second kappa shape index (κ2) is 14.5. The smallest absolute Gasteiger partial charge is 0.368 e. The summed E-state index contributed by atoms with van der Waals surface area (Å²) in [4.78, 5) is 23.5. The first kappa shape index (κ1) is 33.2. The number of ether oxygens (including phenoxy) is 1. The molecule has 5 rings (SSSR count). The van der Waals surface area contributed by atoms with Gasteiger partial charge >= 0.3 is 6.18 Å². The van der Waals surface area contributed by atoms with Crippen LogP contribution in [0.4, 0.5) is 13.2 Å². The number of allylic oxidation sites excluding steroid dienone is 6. The number of aliphatic imine (C=N–C) groups is 2. The molecule has 2 saturated heterocycles. The van der Waals surface area contributed by atoms with E-state index >= 15 is 0 Å². The molecule has 5 nitrogen and oxygen atoms in total. The Morgan fingerprint density at radius 2 is 1.86 bits per heavy atom. The van der Waals surface area contributed by atoms with Gasteiger partial charge in [0.2, 0.25) is 0 Å². The van der Waals surface area contributed by atoms with Crippen LogP contribution in [0, 0.1) is 29.6 Å². The topological polar surface area (TPSA) is 54.3 Å². The lowest BCUT2D eigenvalue weighted by molar-refractivity contribution is -0.142. The molecule has 1 saturated carbocycles. The maximum absolute atomic E-state index is 14.5. The average Bonchev–Trinajstić information content (AvgIpc) is 3.55. The molecule has 8 heteroatoms. The summed E-state index contributed by atoms with van der Waals surface area (Å²) >= 11 is 0. The number of halogens is 3. The van der Waals surface area contributed by atoms with Crippen LogP contribution in [0.3, 0.4) is 0 Å². The molecule has 0 aromatic rings. The molecule has 1 amide bonds. The third-order valence-corrected chi connectivity index (χ3v) is 10.9.